The molecule has 0 spiro atoms. The van der Waals surface area contributed by atoms with Crippen LogP contribution in [-0.2, 0) is 16.6 Å². The first-order chi connectivity index (χ1) is 9.51. The van der Waals surface area contributed by atoms with Crippen LogP contribution in [-0.4, -0.2) is 34.8 Å². The van der Waals surface area contributed by atoms with Gasteiger partial charge in [0, 0.05) is 23.8 Å². The second-order valence-corrected chi connectivity index (χ2v) is 7.34. The normalized spacial score (nSPS) is 27.2. The Balaban J connectivity index is 2.01. The standard InChI is InChI=1S/C14H19N3O2S/c1-10-5-3-6-11(2)17(10)20(18,19)14-12-7-4-8-15-13(12)9-16-14/h4,7-8,10-11H,3,5-6,9H2,1-2H3/t10-,11+. The summed E-state index contributed by atoms with van der Waals surface area (Å²) >= 11 is 0. The Bertz CT molecular complexity index is 644. The maximum Gasteiger partial charge on any atom is 0.261 e. The molecule has 1 aromatic rings. The summed E-state index contributed by atoms with van der Waals surface area (Å²) in [6, 6.07) is 3.63. The van der Waals surface area contributed by atoms with E-state index in [1.54, 1.807) is 22.6 Å². The van der Waals surface area contributed by atoms with E-state index in [1.165, 1.54) is 0 Å². The van der Waals surface area contributed by atoms with Crippen LogP contribution in [0.2, 0.25) is 0 Å². The Labute approximate surface area is 119 Å². The molecule has 1 aromatic heterocycles. The second-order valence-electron chi connectivity index (χ2n) is 5.58. The molecule has 0 bridgehead atoms. The van der Waals surface area contributed by atoms with Crippen molar-refractivity contribution in [3.8, 4) is 0 Å². The van der Waals surface area contributed by atoms with Gasteiger partial charge >= 0.3 is 0 Å². The van der Waals surface area contributed by atoms with Gasteiger partial charge < -0.3 is 0 Å². The number of hydrogen-bond donors (Lipinski definition) is 0. The summed E-state index contributed by atoms with van der Waals surface area (Å²) in [6.45, 7) is 4.32. The highest BCUT2D eigenvalue weighted by molar-refractivity contribution is 8.05. The van der Waals surface area contributed by atoms with Gasteiger partial charge in [0.05, 0.1) is 12.2 Å². The minimum atomic E-state index is -3.53. The van der Waals surface area contributed by atoms with Gasteiger partial charge in [0.15, 0.2) is 5.04 Å². The van der Waals surface area contributed by atoms with Crippen molar-refractivity contribution < 1.29 is 8.42 Å². The minimum absolute atomic E-state index is 0.0344. The topological polar surface area (TPSA) is 62.6 Å². The van der Waals surface area contributed by atoms with Crippen molar-refractivity contribution in [3.05, 3.63) is 29.6 Å². The Morgan fingerprint density at radius 1 is 1.25 bits per heavy atom. The summed E-state index contributed by atoms with van der Waals surface area (Å²) in [5.74, 6) is 0. The molecule has 6 heteroatoms. The molecular weight excluding hydrogens is 274 g/mol. The molecule has 0 N–H and O–H groups in total. The van der Waals surface area contributed by atoms with Gasteiger partial charge in [-0.1, -0.05) is 6.42 Å². The highest BCUT2D eigenvalue weighted by Gasteiger charge is 2.40. The van der Waals surface area contributed by atoms with Crippen LogP contribution in [0.3, 0.4) is 0 Å². The van der Waals surface area contributed by atoms with Crippen LogP contribution in [0.1, 0.15) is 44.4 Å². The summed E-state index contributed by atoms with van der Waals surface area (Å²) in [6.07, 6.45) is 4.59. The molecule has 3 rings (SSSR count). The van der Waals surface area contributed by atoms with E-state index in [9.17, 15) is 8.42 Å². The summed E-state index contributed by atoms with van der Waals surface area (Å²) in [4.78, 5) is 8.45. The zero-order valence-corrected chi connectivity index (χ0v) is 12.6. The molecule has 2 atom stereocenters. The molecule has 0 radical (unpaired) electrons. The lowest BCUT2D eigenvalue weighted by Gasteiger charge is -2.37. The summed E-state index contributed by atoms with van der Waals surface area (Å²) in [5, 5.41) is 0.196. The van der Waals surface area contributed by atoms with E-state index < -0.39 is 10.0 Å². The summed E-state index contributed by atoms with van der Waals surface area (Å²) in [5.41, 5.74) is 1.42. The average molecular weight is 293 g/mol. The third-order valence-electron chi connectivity index (χ3n) is 4.13. The fraction of sp³-hybridized carbons (Fsp3) is 0.571. The zero-order chi connectivity index (χ0) is 14.3. The Morgan fingerprint density at radius 2 is 1.95 bits per heavy atom. The monoisotopic (exact) mass is 293 g/mol. The number of pyridine rings is 1. The van der Waals surface area contributed by atoms with Crippen molar-refractivity contribution in [2.75, 3.05) is 0 Å². The van der Waals surface area contributed by atoms with E-state index in [4.69, 9.17) is 0 Å². The molecule has 0 saturated carbocycles. The molecule has 20 heavy (non-hydrogen) atoms. The molecule has 2 aliphatic heterocycles. The number of piperidine rings is 1. The van der Waals surface area contributed by atoms with Crippen LogP contribution in [0.15, 0.2) is 23.3 Å². The van der Waals surface area contributed by atoms with Crippen LogP contribution in [0.25, 0.3) is 0 Å². The molecule has 0 amide bonds. The summed E-state index contributed by atoms with van der Waals surface area (Å²) < 4.78 is 27.5. The van der Waals surface area contributed by atoms with Crippen LogP contribution in [0, 0.1) is 0 Å². The highest BCUT2D eigenvalue weighted by atomic mass is 32.2. The van der Waals surface area contributed by atoms with Crippen LogP contribution < -0.4 is 0 Å². The first-order valence-electron chi connectivity index (χ1n) is 7.04. The number of rotatable bonds is 1. The van der Waals surface area contributed by atoms with Gasteiger partial charge in [-0.25, -0.2) is 8.42 Å². The molecule has 0 aromatic carbocycles. The van der Waals surface area contributed by atoms with E-state index in [1.807, 2.05) is 13.8 Å². The first kappa shape index (κ1) is 13.7. The van der Waals surface area contributed by atoms with Crippen LogP contribution >= 0.6 is 0 Å². The minimum Gasteiger partial charge on any atom is -0.265 e. The fourth-order valence-corrected chi connectivity index (χ4v) is 5.23. The van der Waals surface area contributed by atoms with Gasteiger partial charge in [0.1, 0.15) is 0 Å². The quantitative estimate of drug-likeness (QED) is 0.795. The van der Waals surface area contributed by atoms with Crippen LogP contribution in [0.4, 0.5) is 0 Å². The van der Waals surface area contributed by atoms with Crippen molar-refractivity contribution in [2.24, 2.45) is 4.99 Å². The molecule has 2 aliphatic rings. The molecule has 0 unspecified atom stereocenters. The second kappa shape index (κ2) is 4.93. The number of nitrogens with zero attached hydrogens (tertiary/aromatic N) is 3. The third kappa shape index (κ3) is 2.07. The number of fused-ring (bicyclic) bond motifs is 1. The van der Waals surface area contributed by atoms with Crippen LogP contribution in [0.5, 0.6) is 0 Å². The SMILES string of the molecule is C[C@@H]1CCC[C@H](C)N1S(=O)(=O)C1=NCc2ncccc21. The predicted molar refractivity (Wildman–Crippen MR) is 78.0 cm³/mol. The molecule has 5 nitrogen and oxygen atoms in total. The van der Waals surface area contributed by atoms with E-state index in [0.717, 1.165) is 25.0 Å². The summed E-state index contributed by atoms with van der Waals surface area (Å²) in [7, 11) is -3.53. The molecule has 1 saturated heterocycles. The molecule has 0 aliphatic carbocycles. The maximum atomic E-state index is 12.9. The number of aliphatic imine (C=N–C) groups is 1. The Kier molecular flexibility index (Phi) is 3.38. The van der Waals surface area contributed by atoms with Crippen molar-refractivity contribution in [2.45, 2.75) is 51.7 Å². The van der Waals surface area contributed by atoms with Crippen molar-refractivity contribution in [1.82, 2.24) is 9.29 Å². The predicted octanol–water partition coefficient (Wildman–Crippen LogP) is 1.93. The maximum absolute atomic E-state index is 12.9. The molecule has 1 fully saturated rings. The van der Waals surface area contributed by atoms with Crippen molar-refractivity contribution in [1.29, 1.82) is 0 Å². The van der Waals surface area contributed by atoms with Gasteiger partial charge in [-0.05, 0) is 38.8 Å². The zero-order valence-electron chi connectivity index (χ0n) is 11.8. The lowest BCUT2D eigenvalue weighted by Crippen LogP contribution is -2.49. The number of sulfonamides is 1. The number of aromatic nitrogens is 1. The fourth-order valence-electron chi connectivity index (χ4n) is 3.18. The van der Waals surface area contributed by atoms with E-state index in [-0.39, 0.29) is 17.1 Å². The smallest absolute Gasteiger partial charge is 0.261 e. The van der Waals surface area contributed by atoms with Gasteiger partial charge in [0.2, 0.25) is 0 Å². The van der Waals surface area contributed by atoms with E-state index in [2.05, 4.69) is 9.98 Å². The van der Waals surface area contributed by atoms with Crippen molar-refractivity contribution >= 4 is 15.1 Å². The van der Waals surface area contributed by atoms with E-state index >= 15 is 0 Å². The van der Waals surface area contributed by atoms with Gasteiger partial charge in [-0.3, -0.25) is 9.98 Å². The Hall–Kier alpha value is -1.27. The van der Waals surface area contributed by atoms with Gasteiger partial charge in [-0.2, -0.15) is 4.31 Å². The lowest BCUT2D eigenvalue weighted by atomic mass is 10.0. The van der Waals surface area contributed by atoms with E-state index in [0.29, 0.717) is 12.1 Å². The third-order valence-corrected chi connectivity index (χ3v) is 6.24. The Morgan fingerprint density at radius 3 is 2.65 bits per heavy atom. The highest BCUT2D eigenvalue weighted by Crippen LogP contribution is 2.30. The molecule has 3 heterocycles. The van der Waals surface area contributed by atoms with Gasteiger partial charge in [0.25, 0.3) is 10.0 Å². The van der Waals surface area contributed by atoms with Crippen molar-refractivity contribution in [3.63, 3.8) is 0 Å². The van der Waals surface area contributed by atoms with Gasteiger partial charge in [-0.15, -0.1) is 0 Å². The first-order valence-corrected chi connectivity index (χ1v) is 8.48. The number of hydrogen-bond acceptors (Lipinski definition) is 4. The largest absolute Gasteiger partial charge is 0.265 e. The molecular formula is C14H19N3O2S. The average Bonchev–Trinajstić information content (AvgIpc) is 2.82. The lowest BCUT2D eigenvalue weighted by molar-refractivity contribution is 0.207. The molecule has 108 valence electrons.